The summed E-state index contributed by atoms with van der Waals surface area (Å²) >= 11 is 1.72. The molecule has 2 aliphatic heterocycles. The molecule has 1 amide bonds. The number of aromatic nitrogens is 1. The molecule has 0 unspecified atom stereocenters. The summed E-state index contributed by atoms with van der Waals surface area (Å²) in [7, 11) is 0. The van der Waals surface area contributed by atoms with E-state index in [1.807, 2.05) is 11.8 Å². The number of amides is 1. The molecule has 29 heavy (non-hydrogen) atoms. The molecule has 2 aliphatic rings. The van der Waals surface area contributed by atoms with Crippen molar-refractivity contribution < 1.29 is 4.79 Å². The van der Waals surface area contributed by atoms with Crippen molar-refractivity contribution in [2.75, 3.05) is 50.4 Å². The quantitative estimate of drug-likeness (QED) is 0.691. The Balaban J connectivity index is 1.95. The Labute approximate surface area is 178 Å². The molecule has 0 saturated carbocycles. The first kappa shape index (κ1) is 21.4. The molecule has 7 heteroatoms. The molecule has 1 aromatic rings. The average molecular weight is 412 g/mol. The van der Waals surface area contributed by atoms with Gasteiger partial charge in [0.15, 0.2) is 0 Å². The molecule has 1 aromatic heterocycles. The third-order valence-electron chi connectivity index (χ3n) is 5.98. The number of piperidine rings is 1. The molecule has 6 nitrogen and oxygen atoms in total. The fraction of sp³-hybridized carbons (Fsp3) is 0.500. The Morgan fingerprint density at radius 2 is 1.86 bits per heavy atom. The van der Waals surface area contributed by atoms with Gasteiger partial charge in [-0.15, -0.1) is 0 Å². The maximum absolute atomic E-state index is 13.4. The van der Waals surface area contributed by atoms with Gasteiger partial charge in [0.2, 0.25) is 0 Å². The predicted molar refractivity (Wildman–Crippen MR) is 121 cm³/mol. The third kappa shape index (κ3) is 4.34. The van der Waals surface area contributed by atoms with Crippen LogP contribution in [0.15, 0.2) is 19.4 Å². The highest BCUT2D eigenvalue weighted by atomic mass is 32.2. The Morgan fingerprint density at radius 1 is 1.21 bits per heavy atom. The van der Waals surface area contributed by atoms with Gasteiger partial charge in [0.05, 0.1) is 28.4 Å². The van der Waals surface area contributed by atoms with E-state index in [2.05, 4.69) is 39.7 Å². The summed E-state index contributed by atoms with van der Waals surface area (Å²) in [5.41, 5.74) is 2.75. The Hall–Kier alpha value is -2.30. The van der Waals surface area contributed by atoms with Gasteiger partial charge in [-0.1, -0.05) is 31.2 Å². The van der Waals surface area contributed by atoms with E-state index in [1.165, 1.54) is 0 Å². The molecule has 3 rings (SSSR count). The number of hydrogen-bond acceptors (Lipinski definition) is 6. The van der Waals surface area contributed by atoms with E-state index in [4.69, 9.17) is 0 Å². The zero-order valence-corrected chi connectivity index (χ0v) is 18.2. The number of nitriles is 1. The lowest BCUT2D eigenvalue weighted by atomic mass is 9.81. The van der Waals surface area contributed by atoms with Crippen molar-refractivity contribution in [3.8, 4) is 6.07 Å². The molecule has 0 spiro atoms. The van der Waals surface area contributed by atoms with Crippen molar-refractivity contribution in [2.45, 2.75) is 19.8 Å². The lowest BCUT2D eigenvalue weighted by Gasteiger charge is -2.39. The monoisotopic (exact) mass is 411 g/mol. The van der Waals surface area contributed by atoms with Gasteiger partial charge in [-0.2, -0.15) is 5.26 Å². The highest BCUT2D eigenvalue weighted by Crippen LogP contribution is 2.37. The molecule has 0 atom stereocenters. The van der Waals surface area contributed by atoms with Crippen molar-refractivity contribution in [3.63, 3.8) is 0 Å². The second kappa shape index (κ2) is 9.02. The first-order chi connectivity index (χ1) is 14.0. The average Bonchev–Trinajstić information content (AvgIpc) is 2.78. The largest absolute Gasteiger partial charge is 0.370 e. The molecule has 2 saturated heterocycles. The Bertz CT molecular complexity index is 830. The first-order valence-corrected chi connectivity index (χ1v) is 11.2. The van der Waals surface area contributed by atoms with Crippen LogP contribution in [0.1, 0.15) is 41.4 Å². The molecular weight excluding hydrogens is 382 g/mol. The van der Waals surface area contributed by atoms with Crippen molar-refractivity contribution >= 4 is 35.7 Å². The second-order valence-corrected chi connectivity index (χ2v) is 8.67. The SMILES string of the molecule is C=Cc1ncc(C(=O)N2CCN(SC)CC2)c(N2CCC(C)(C#N)CC2)c1C=C. The van der Waals surface area contributed by atoms with Gasteiger partial charge >= 0.3 is 0 Å². The van der Waals surface area contributed by atoms with Gasteiger partial charge in [0.1, 0.15) is 0 Å². The fourth-order valence-electron chi connectivity index (χ4n) is 3.97. The fourth-order valence-corrected chi connectivity index (χ4v) is 4.50. The summed E-state index contributed by atoms with van der Waals surface area (Å²) in [6.45, 7) is 14.4. The topological polar surface area (TPSA) is 63.5 Å². The number of hydrogen-bond donors (Lipinski definition) is 0. The van der Waals surface area contributed by atoms with Gasteiger partial charge in [0.25, 0.3) is 5.91 Å². The molecule has 0 bridgehead atoms. The van der Waals surface area contributed by atoms with Crippen LogP contribution in [0, 0.1) is 16.7 Å². The zero-order chi connectivity index (χ0) is 21.0. The molecule has 0 aliphatic carbocycles. The minimum Gasteiger partial charge on any atom is -0.370 e. The van der Waals surface area contributed by atoms with Crippen molar-refractivity contribution in [2.24, 2.45) is 5.41 Å². The number of carbonyl (C=O) groups is 1. The van der Waals surface area contributed by atoms with E-state index in [-0.39, 0.29) is 11.3 Å². The second-order valence-electron chi connectivity index (χ2n) is 7.79. The van der Waals surface area contributed by atoms with Gasteiger partial charge in [0, 0.05) is 51.0 Å². The van der Waals surface area contributed by atoms with Crippen LogP contribution in [0.2, 0.25) is 0 Å². The van der Waals surface area contributed by atoms with E-state index in [0.29, 0.717) is 18.7 Å². The Kier molecular flexibility index (Phi) is 6.66. The third-order valence-corrected chi connectivity index (χ3v) is 6.87. The van der Waals surface area contributed by atoms with E-state index in [1.54, 1.807) is 30.3 Å². The van der Waals surface area contributed by atoms with Crippen molar-refractivity contribution in [3.05, 3.63) is 36.2 Å². The van der Waals surface area contributed by atoms with E-state index >= 15 is 0 Å². The molecule has 2 fully saturated rings. The molecule has 154 valence electrons. The molecule has 0 radical (unpaired) electrons. The van der Waals surface area contributed by atoms with Gasteiger partial charge in [-0.25, -0.2) is 4.31 Å². The number of nitrogens with zero attached hydrogens (tertiary/aromatic N) is 5. The summed E-state index contributed by atoms with van der Waals surface area (Å²) in [5, 5.41) is 9.47. The van der Waals surface area contributed by atoms with Crippen molar-refractivity contribution in [1.29, 1.82) is 5.26 Å². The van der Waals surface area contributed by atoms with E-state index in [0.717, 1.165) is 56.0 Å². The predicted octanol–water partition coefficient (Wildman–Crippen LogP) is 3.53. The number of rotatable bonds is 5. The first-order valence-electron chi connectivity index (χ1n) is 9.98. The lowest BCUT2D eigenvalue weighted by Crippen LogP contribution is -2.47. The van der Waals surface area contributed by atoms with Crippen molar-refractivity contribution in [1.82, 2.24) is 14.2 Å². The van der Waals surface area contributed by atoms with Crippen LogP contribution in [0.4, 0.5) is 5.69 Å². The van der Waals surface area contributed by atoms with Crippen LogP contribution >= 0.6 is 11.9 Å². The molecule has 0 N–H and O–H groups in total. The highest BCUT2D eigenvalue weighted by Gasteiger charge is 2.33. The van der Waals surface area contributed by atoms with Crippen LogP contribution in [0.3, 0.4) is 0 Å². The number of carbonyl (C=O) groups excluding carboxylic acids is 1. The summed E-state index contributed by atoms with van der Waals surface area (Å²) in [6.07, 6.45) is 8.75. The zero-order valence-electron chi connectivity index (χ0n) is 17.4. The summed E-state index contributed by atoms with van der Waals surface area (Å²) < 4.78 is 2.27. The van der Waals surface area contributed by atoms with E-state index in [9.17, 15) is 10.1 Å². The van der Waals surface area contributed by atoms with Crippen LogP contribution < -0.4 is 4.90 Å². The minimum atomic E-state index is -0.308. The van der Waals surface area contributed by atoms with Gasteiger partial charge in [-0.05, 0) is 32.1 Å². The number of anilines is 1. The van der Waals surface area contributed by atoms with E-state index < -0.39 is 0 Å². The smallest absolute Gasteiger partial charge is 0.257 e. The molecule has 3 heterocycles. The van der Waals surface area contributed by atoms with Crippen LogP contribution in [0.25, 0.3) is 12.2 Å². The number of pyridine rings is 1. The maximum atomic E-state index is 13.4. The summed E-state index contributed by atoms with van der Waals surface area (Å²) in [5.74, 6) is 0.0144. The molecule has 0 aromatic carbocycles. The van der Waals surface area contributed by atoms with Crippen LogP contribution in [0.5, 0.6) is 0 Å². The van der Waals surface area contributed by atoms with Crippen LogP contribution in [-0.4, -0.2) is 65.6 Å². The normalized spacial score (nSPS) is 19.5. The molecular formula is C22H29N5OS. The lowest BCUT2D eigenvalue weighted by molar-refractivity contribution is 0.0704. The highest BCUT2D eigenvalue weighted by molar-refractivity contribution is 7.96. The number of piperazine rings is 1. The summed E-state index contributed by atoms with van der Waals surface area (Å²) in [6, 6.07) is 2.45. The van der Waals surface area contributed by atoms with Gasteiger partial charge < -0.3 is 9.80 Å². The van der Waals surface area contributed by atoms with Crippen LogP contribution in [-0.2, 0) is 0 Å². The van der Waals surface area contributed by atoms with Gasteiger partial charge in [-0.3, -0.25) is 9.78 Å². The minimum absolute atomic E-state index is 0.0144. The maximum Gasteiger partial charge on any atom is 0.257 e. The Morgan fingerprint density at radius 3 is 2.38 bits per heavy atom. The standard InChI is InChI=1S/C22H29N5OS/c1-5-17-19(6-2)24-15-18(21(28)26-11-13-27(29-4)14-12-26)20(17)25-9-7-22(3,16-23)8-10-25/h5-6,15H,1-2,7-14H2,3-4H3. The summed E-state index contributed by atoms with van der Waals surface area (Å²) in [4.78, 5) is 22.0.